The molecule has 0 atom stereocenters. The summed E-state index contributed by atoms with van der Waals surface area (Å²) in [5, 5.41) is 0.919. The first kappa shape index (κ1) is 12.2. The first-order valence-electron chi connectivity index (χ1n) is 6.23. The van der Waals surface area contributed by atoms with E-state index in [0.29, 0.717) is 17.2 Å². The number of nitrogens with one attached hydrogen (secondary N) is 1. The van der Waals surface area contributed by atoms with Crippen LogP contribution in [0.3, 0.4) is 0 Å². The molecule has 0 radical (unpaired) electrons. The van der Waals surface area contributed by atoms with Crippen LogP contribution < -0.4 is 10.6 Å². The molecule has 3 rings (SSSR count). The lowest BCUT2D eigenvalue weighted by atomic mass is 10.2. The molecule has 1 amide bonds. The molecule has 2 heterocycles. The molecule has 5 heteroatoms. The molecule has 0 aliphatic rings. The van der Waals surface area contributed by atoms with Crippen molar-refractivity contribution in [2.75, 3.05) is 17.7 Å². The fraction of sp³-hybridized carbons (Fsp3) is 0.0667. The Bertz CT molecular complexity index is 764. The summed E-state index contributed by atoms with van der Waals surface area (Å²) in [5.41, 5.74) is 7.79. The van der Waals surface area contributed by atoms with Crippen LogP contribution in [0.2, 0.25) is 0 Å². The molecule has 2 aromatic heterocycles. The van der Waals surface area contributed by atoms with Crippen molar-refractivity contribution >= 4 is 28.3 Å². The number of para-hydroxylation sites is 1. The van der Waals surface area contributed by atoms with Crippen LogP contribution in [0, 0.1) is 0 Å². The molecule has 0 unspecified atom stereocenters. The van der Waals surface area contributed by atoms with Crippen LogP contribution in [0.5, 0.6) is 0 Å². The Kier molecular flexibility index (Phi) is 2.87. The number of hydrogen-bond donors (Lipinski definition) is 2. The number of aromatic nitrogens is 2. The molecule has 5 nitrogen and oxygen atoms in total. The number of rotatable bonds is 2. The van der Waals surface area contributed by atoms with E-state index in [4.69, 9.17) is 5.73 Å². The monoisotopic (exact) mass is 266 g/mol. The van der Waals surface area contributed by atoms with E-state index in [2.05, 4.69) is 9.97 Å². The van der Waals surface area contributed by atoms with Gasteiger partial charge >= 0.3 is 0 Å². The van der Waals surface area contributed by atoms with Crippen LogP contribution in [-0.2, 0) is 0 Å². The number of anilines is 2. The summed E-state index contributed by atoms with van der Waals surface area (Å²) in [4.78, 5) is 21.2. The normalized spacial score (nSPS) is 10.7. The number of nitrogens with two attached hydrogens (primary N) is 1. The summed E-state index contributed by atoms with van der Waals surface area (Å²) < 4.78 is 0. The third-order valence-corrected chi connectivity index (χ3v) is 3.22. The summed E-state index contributed by atoms with van der Waals surface area (Å²) in [5.74, 6) is 0.448. The van der Waals surface area contributed by atoms with E-state index >= 15 is 0 Å². The van der Waals surface area contributed by atoms with Gasteiger partial charge in [0.15, 0.2) is 0 Å². The van der Waals surface area contributed by atoms with Gasteiger partial charge in [-0.1, -0.05) is 18.2 Å². The van der Waals surface area contributed by atoms with E-state index in [0.717, 1.165) is 10.9 Å². The topological polar surface area (TPSA) is 75.0 Å². The van der Waals surface area contributed by atoms with Crippen molar-refractivity contribution in [1.29, 1.82) is 0 Å². The number of hydrogen-bond acceptors (Lipinski definition) is 3. The first-order chi connectivity index (χ1) is 9.66. The van der Waals surface area contributed by atoms with Gasteiger partial charge in [-0.3, -0.25) is 9.69 Å². The number of nitrogens with zero attached hydrogens (tertiary/aromatic N) is 2. The second kappa shape index (κ2) is 4.70. The van der Waals surface area contributed by atoms with Crippen molar-refractivity contribution in [1.82, 2.24) is 9.97 Å². The quantitative estimate of drug-likeness (QED) is 0.699. The SMILES string of the molecule is CN(C(=O)c1cc2cccc(N)c2[nH]1)c1ccccn1. The van der Waals surface area contributed by atoms with Crippen molar-refractivity contribution in [2.45, 2.75) is 0 Å². The largest absolute Gasteiger partial charge is 0.397 e. The van der Waals surface area contributed by atoms with Crippen molar-refractivity contribution in [3.8, 4) is 0 Å². The Morgan fingerprint density at radius 1 is 1.25 bits per heavy atom. The second-order valence-corrected chi connectivity index (χ2v) is 4.55. The van der Waals surface area contributed by atoms with Crippen LogP contribution in [0.15, 0.2) is 48.7 Å². The number of H-pyrrole nitrogens is 1. The highest BCUT2D eigenvalue weighted by atomic mass is 16.2. The molecule has 100 valence electrons. The molecule has 0 bridgehead atoms. The maximum absolute atomic E-state index is 12.4. The van der Waals surface area contributed by atoms with Gasteiger partial charge in [0.2, 0.25) is 0 Å². The van der Waals surface area contributed by atoms with Crippen molar-refractivity contribution in [2.24, 2.45) is 0 Å². The third-order valence-electron chi connectivity index (χ3n) is 3.22. The number of fused-ring (bicyclic) bond motifs is 1. The van der Waals surface area contributed by atoms with Gasteiger partial charge in [0.05, 0.1) is 11.2 Å². The molecule has 3 N–H and O–H groups in total. The number of pyridine rings is 1. The molecule has 0 spiro atoms. The van der Waals surface area contributed by atoms with Crippen LogP contribution in [-0.4, -0.2) is 22.9 Å². The Balaban J connectivity index is 1.99. The number of aromatic amines is 1. The summed E-state index contributed by atoms with van der Waals surface area (Å²) in [6.45, 7) is 0. The Morgan fingerprint density at radius 2 is 2.10 bits per heavy atom. The number of nitrogen functional groups attached to an aromatic ring is 1. The minimum atomic E-state index is -0.153. The van der Waals surface area contributed by atoms with E-state index < -0.39 is 0 Å². The van der Waals surface area contributed by atoms with Gasteiger partial charge in [0, 0.05) is 18.6 Å². The molecule has 0 aliphatic heterocycles. The van der Waals surface area contributed by atoms with Gasteiger partial charge in [-0.25, -0.2) is 4.98 Å². The highest BCUT2D eigenvalue weighted by Gasteiger charge is 2.17. The predicted molar refractivity (Wildman–Crippen MR) is 79.7 cm³/mol. The average Bonchev–Trinajstić information content (AvgIpc) is 2.92. The maximum Gasteiger partial charge on any atom is 0.275 e. The molecular weight excluding hydrogens is 252 g/mol. The van der Waals surface area contributed by atoms with Gasteiger partial charge in [-0.05, 0) is 24.3 Å². The molecular formula is C15H14N4O. The van der Waals surface area contributed by atoms with Crippen LogP contribution in [0.25, 0.3) is 10.9 Å². The van der Waals surface area contributed by atoms with E-state index in [1.807, 2.05) is 24.3 Å². The molecule has 1 aromatic carbocycles. The van der Waals surface area contributed by atoms with Crippen molar-refractivity contribution in [3.05, 3.63) is 54.4 Å². The minimum absolute atomic E-state index is 0.153. The molecule has 0 saturated carbocycles. The number of benzene rings is 1. The molecule has 0 saturated heterocycles. The average molecular weight is 266 g/mol. The highest BCUT2D eigenvalue weighted by molar-refractivity contribution is 6.07. The van der Waals surface area contributed by atoms with Gasteiger partial charge in [-0.15, -0.1) is 0 Å². The molecule has 0 aliphatic carbocycles. The van der Waals surface area contributed by atoms with Gasteiger partial charge in [-0.2, -0.15) is 0 Å². The highest BCUT2D eigenvalue weighted by Crippen LogP contribution is 2.22. The maximum atomic E-state index is 12.4. The van der Waals surface area contributed by atoms with Crippen molar-refractivity contribution in [3.63, 3.8) is 0 Å². The number of carbonyl (C=O) groups is 1. The minimum Gasteiger partial charge on any atom is -0.397 e. The van der Waals surface area contributed by atoms with Gasteiger partial charge in [0.25, 0.3) is 5.91 Å². The Hall–Kier alpha value is -2.82. The molecule has 20 heavy (non-hydrogen) atoms. The lowest BCUT2D eigenvalue weighted by Gasteiger charge is -2.14. The van der Waals surface area contributed by atoms with E-state index in [-0.39, 0.29) is 5.91 Å². The zero-order valence-corrected chi connectivity index (χ0v) is 11.0. The lowest BCUT2D eigenvalue weighted by molar-refractivity contribution is 0.0988. The van der Waals surface area contributed by atoms with E-state index in [9.17, 15) is 4.79 Å². The zero-order chi connectivity index (χ0) is 14.1. The smallest absolute Gasteiger partial charge is 0.275 e. The van der Waals surface area contributed by atoms with E-state index in [1.165, 1.54) is 4.90 Å². The number of amides is 1. The standard InChI is InChI=1S/C15H14N4O/c1-19(13-7-2-3-8-17-13)15(20)12-9-10-5-4-6-11(16)14(10)18-12/h2-9,18H,16H2,1H3. The molecule has 0 fully saturated rings. The predicted octanol–water partition coefficient (Wildman–Crippen LogP) is 2.42. The van der Waals surface area contributed by atoms with E-state index in [1.54, 1.807) is 31.4 Å². The van der Waals surface area contributed by atoms with Crippen molar-refractivity contribution < 1.29 is 4.79 Å². The summed E-state index contributed by atoms with van der Waals surface area (Å²) in [7, 11) is 1.69. The first-order valence-corrected chi connectivity index (χ1v) is 6.23. The van der Waals surface area contributed by atoms with Crippen LogP contribution in [0.4, 0.5) is 11.5 Å². The lowest BCUT2D eigenvalue weighted by Crippen LogP contribution is -2.27. The van der Waals surface area contributed by atoms with Gasteiger partial charge in [0.1, 0.15) is 11.5 Å². The molecule has 3 aromatic rings. The van der Waals surface area contributed by atoms with Crippen LogP contribution in [0.1, 0.15) is 10.5 Å². The zero-order valence-electron chi connectivity index (χ0n) is 11.0. The number of carbonyl (C=O) groups excluding carboxylic acids is 1. The Labute approximate surface area is 116 Å². The fourth-order valence-electron chi connectivity index (χ4n) is 2.13. The van der Waals surface area contributed by atoms with Gasteiger partial charge < -0.3 is 10.7 Å². The fourth-order valence-corrected chi connectivity index (χ4v) is 2.13. The second-order valence-electron chi connectivity index (χ2n) is 4.55. The summed E-state index contributed by atoms with van der Waals surface area (Å²) in [6, 6.07) is 12.8. The summed E-state index contributed by atoms with van der Waals surface area (Å²) >= 11 is 0. The summed E-state index contributed by atoms with van der Waals surface area (Å²) in [6.07, 6.45) is 1.66. The van der Waals surface area contributed by atoms with Crippen LogP contribution >= 0.6 is 0 Å². The Morgan fingerprint density at radius 3 is 2.80 bits per heavy atom. The third kappa shape index (κ3) is 1.99.